The summed E-state index contributed by atoms with van der Waals surface area (Å²) in [5.41, 5.74) is 0. The molecule has 0 fully saturated rings. The Kier molecular flexibility index (Phi) is 24.0. The fraction of sp³-hybridized carbons (Fsp3) is 0.963. The summed E-state index contributed by atoms with van der Waals surface area (Å²) in [6, 6.07) is 0. The highest BCUT2D eigenvalue weighted by atomic mass is 14.1. The highest BCUT2D eigenvalue weighted by molar-refractivity contribution is 4.62. The van der Waals surface area contributed by atoms with E-state index in [2.05, 4.69) is 20.8 Å². The zero-order valence-electron chi connectivity index (χ0n) is 19.5. The van der Waals surface area contributed by atoms with Crippen LogP contribution in [0.1, 0.15) is 162 Å². The Morgan fingerprint density at radius 3 is 1.04 bits per heavy atom. The van der Waals surface area contributed by atoms with E-state index in [1.807, 2.05) is 0 Å². The van der Waals surface area contributed by atoms with Crippen LogP contribution in [0.3, 0.4) is 0 Å². The lowest BCUT2D eigenvalue weighted by atomic mass is 9.89. The molecule has 0 aliphatic heterocycles. The Morgan fingerprint density at radius 2 is 0.704 bits per heavy atom. The van der Waals surface area contributed by atoms with Gasteiger partial charge in [-0.3, -0.25) is 0 Å². The van der Waals surface area contributed by atoms with E-state index in [9.17, 15) is 0 Å². The second-order valence-corrected chi connectivity index (χ2v) is 9.10. The van der Waals surface area contributed by atoms with Crippen LogP contribution in [0.25, 0.3) is 0 Å². The van der Waals surface area contributed by atoms with Crippen molar-refractivity contribution in [1.29, 1.82) is 0 Å². The Morgan fingerprint density at radius 1 is 0.407 bits per heavy atom. The molecule has 0 spiro atoms. The smallest absolute Gasteiger partial charge is 0.0414 e. The molecule has 0 aliphatic carbocycles. The number of hydrogen-bond donors (Lipinski definition) is 0. The molecule has 0 heterocycles. The maximum atomic E-state index is 3.96. The molecule has 0 aromatic carbocycles. The van der Waals surface area contributed by atoms with Crippen LogP contribution in [0, 0.1) is 12.8 Å². The standard InChI is InChI=1S/C27H55/c1-4-7-10-13-16-17-20-23-26-27(24-21-18-14-11-8-5-2)25-22-19-15-12-9-6-3/h27H,2,4-26H2,1,3H3. The van der Waals surface area contributed by atoms with Gasteiger partial charge in [-0.1, -0.05) is 168 Å². The third kappa shape index (κ3) is 22.2. The van der Waals surface area contributed by atoms with Gasteiger partial charge in [-0.2, -0.15) is 0 Å². The van der Waals surface area contributed by atoms with Crippen LogP contribution in [0.15, 0.2) is 0 Å². The molecule has 0 bridgehead atoms. The van der Waals surface area contributed by atoms with E-state index in [0.29, 0.717) is 0 Å². The van der Waals surface area contributed by atoms with Crippen molar-refractivity contribution in [3.05, 3.63) is 6.92 Å². The normalized spacial score (nSPS) is 11.6. The van der Waals surface area contributed by atoms with Crippen molar-refractivity contribution in [2.75, 3.05) is 0 Å². The number of unbranched alkanes of at least 4 members (excludes halogenated alkanes) is 17. The van der Waals surface area contributed by atoms with Crippen molar-refractivity contribution in [3.8, 4) is 0 Å². The average molecular weight is 380 g/mol. The predicted molar refractivity (Wildman–Crippen MR) is 126 cm³/mol. The van der Waals surface area contributed by atoms with Gasteiger partial charge in [0.25, 0.3) is 0 Å². The van der Waals surface area contributed by atoms with Crippen LogP contribution in [0.5, 0.6) is 0 Å². The number of hydrogen-bond acceptors (Lipinski definition) is 0. The SMILES string of the molecule is [CH2]CCCCCCCC(CCCCCCCC)CCCCCCCCCC. The maximum absolute atomic E-state index is 3.96. The van der Waals surface area contributed by atoms with Crippen molar-refractivity contribution in [2.24, 2.45) is 5.92 Å². The van der Waals surface area contributed by atoms with E-state index in [0.717, 1.165) is 12.3 Å². The Labute approximate surface area is 174 Å². The molecule has 163 valence electrons. The average Bonchev–Trinajstić information content (AvgIpc) is 2.68. The second kappa shape index (κ2) is 24.0. The molecule has 0 saturated heterocycles. The van der Waals surface area contributed by atoms with Crippen molar-refractivity contribution < 1.29 is 0 Å². The lowest BCUT2D eigenvalue weighted by molar-refractivity contribution is 0.365. The molecule has 0 heteroatoms. The van der Waals surface area contributed by atoms with Gasteiger partial charge in [0.1, 0.15) is 0 Å². The van der Waals surface area contributed by atoms with Gasteiger partial charge in [0.05, 0.1) is 0 Å². The zero-order valence-corrected chi connectivity index (χ0v) is 19.5. The molecule has 0 nitrogen and oxygen atoms in total. The van der Waals surface area contributed by atoms with Crippen LogP contribution in [0.2, 0.25) is 0 Å². The van der Waals surface area contributed by atoms with Crippen LogP contribution < -0.4 is 0 Å². The largest absolute Gasteiger partial charge is 0.0654 e. The summed E-state index contributed by atoms with van der Waals surface area (Å²) >= 11 is 0. The van der Waals surface area contributed by atoms with Gasteiger partial charge in [0.15, 0.2) is 0 Å². The summed E-state index contributed by atoms with van der Waals surface area (Å²) in [6.45, 7) is 8.59. The summed E-state index contributed by atoms with van der Waals surface area (Å²) in [7, 11) is 0. The fourth-order valence-electron chi connectivity index (χ4n) is 4.35. The topological polar surface area (TPSA) is 0 Å². The minimum absolute atomic E-state index is 1.03. The van der Waals surface area contributed by atoms with E-state index >= 15 is 0 Å². The van der Waals surface area contributed by atoms with Gasteiger partial charge in [0.2, 0.25) is 0 Å². The van der Waals surface area contributed by atoms with Crippen LogP contribution in [0.4, 0.5) is 0 Å². The summed E-state index contributed by atoms with van der Waals surface area (Å²) in [6.07, 6.45) is 33.2. The summed E-state index contributed by atoms with van der Waals surface area (Å²) in [4.78, 5) is 0. The third-order valence-corrected chi connectivity index (χ3v) is 6.29. The Bertz CT molecular complexity index is 228. The molecule has 27 heavy (non-hydrogen) atoms. The van der Waals surface area contributed by atoms with E-state index < -0.39 is 0 Å². The molecular weight excluding hydrogens is 324 g/mol. The molecular formula is C27H55. The fourth-order valence-corrected chi connectivity index (χ4v) is 4.35. The summed E-state index contributed by atoms with van der Waals surface area (Å²) < 4.78 is 0. The van der Waals surface area contributed by atoms with E-state index in [-0.39, 0.29) is 0 Å². The van der Waals surface area contributed by atoms with E-state index in [1.165, 1.54) is 141 Å². The number of rotatable bonds is 23. The summed E-state index contributed by atoms with van der Waals surface area (Å²) in [5, 5.41) is 0. The van der Waals surface area contributed by atoms with E-state index in [4.69, 9.17) is 0 Å². The predicted octanol–water partition coefficient (Wildman–Crippen LogP) is 10.4. The van der Waals surface area contributed by atoms with Crippen molar-refractivity contribution in [3.63, 3.8) is 0 Å². The van der Waals surface area contributed by atoms with Crippen molar-refractivity contribution in [1.82, 2.24) is 0 Å². The third-order valence-electron chi connectivity index (χ3n) is 6.29. The van der Waals surface area contributed by atoms with Gasteiger partial charge in [-0.15, -0.1) is 0 Å². The monoisotopic (exact) mass is 379 g/mol. The van der Waals surface area contributed by atoms with Crippen molar-refractivity contribution in [2.45, 2.75) is 162 Å². The molecule has 0 amide bonds. The first-order valence-corrected chi connectivity index (χ1v) is 13.1. The molecule has 0 aliphatic rings. The first-order chi connectivity index (χ1) is 13.3. The van der Waals surface area contributed by atoms with Gasteiger partial charge < -0.3 is 0 Å². The first kappa shape index (κ1) is 27.0. The zero-order chi connectivity index (χ0) is 19.8. The Hall–Kier alpha value is 0. The molecule has 0 N–H and O–H groups in total. The first-order valence-electron chi connectivity index (χ1n) is 13.1. The summed E-state index contributed by atoms with van der Waals surface area (Å²) in [5.74, 6) is 1.03. The van der Waals surface area contributed by atoms with Crippen LogP contribution in [-0.4, -0.2) is 0 Å². The molecule has 0 aromatic rings. The highest BCUT2D eigenvalue weighted by Gasteiger charge is 2.08. The lowest BCUT2D eigenvalue weighted by Crippen LogP contribution is -2.01. The molecule has 1 radical (unpaired) electrons. The minimum atomic E-state index is 1.03. The second-order valence-electron chi connectivity index (χ2n) is 9.10. The van der Waals surface area contributed by atoms with Gasteiger partial charge in [0, 0.05) is 0 Å². The molecule has 1 unspecified atom stereocenters. The van der Waals surface area contributed by atoms with Gasteiger partial charge in [-0.05, 0) is 5.92 Å². The lowest BCUT2D eigenvalue weighted by Gasteiger charge is -2.17. The van der Waals surface area contributed by atoms with Crippen LogP contribution in [-0.2, 0) is 0 Å². The van der Waals surface area contributed by atoms with Gasteiger partial charge in [-0.25, -0.2) is 0 Å². The molecule has 0 saturated carbocycles. The Balaban J connectivity index is 3.77. The van der Waals surface area contributed by atoms with Gasteiger partial charge >= 0.3 is 0 Å². The van der Waals surface area contributed by atoms with E-state index in [1.54, 1.807) is 0 Å². The van der Waals surface area contributed by atoms with Crippen molar-refractivity contribution >= 4 is 0 Å². The molecule has 1 atom stereocenters. The molecule has 0 aromatic heterocycles. The maximum Gasteiger partial charge on any atom is -0.0414 e. The minimum Gasteiger partial charge on any atom is -0.0654 e. The molecule has 0 rings (SSSR count). The highest BCUT2D eigenvalue weighted by Crippen LogP contribution is 2.24. The quantitative estimate of drug-likeness (QED) is 0.155. The van der Waals surface area contributed by atoms with Crippen LogP contribution >= 0.6 is 0 Å².